The zero-order valence-electron chi connectivity index (χ0n) is 18.3. The van der Waals surface area contributed by atoms with Gasteiger partial charge >= 0.3 is 0 Å². The highest BCUT2D eigenvalue weighted by Crippen LogP contribution is 2.44. The quantitative estimate of drug-likeness (QED) is 0.779. The van der Waals surface area contributed by atoms with E-state index >= 15 is 0 Å². The zero-order chi connectivity index (χ0) is 22.1. The third kappa shape index (κ3) is 3.76. The maximum absolute atomic E-state index is 12.9. The van der Waals surface area contributed by atoms with Gasteiger partial charge in [-0.2, -0.15) is 0 Å². The van der Waals surface area contributed by atoms with Gasteiger partial charge in [-0.05, 0) is 49.6 Å². The predicted octanol–water partition coefficient (Wildman–Crippen LogP) is 3.20. The Labute approximate surface area is 187 Å². The summed E-state index contributed by atoms with van der Waals surface area (Å²) in [5.74, 6) is 1.79. The Balaban J connectivity index is 1.31. The van der Waals surface area contributed by atoms with E-state index in [9.17, 15) is 9.59 Å². The summed E-state index contributed by atoms with van der Waals surface area (Å²) in [4.78, 5) is 27.2. The Bertz CT molecular complexity index is 1030. The lowest BCUT2D eigenvalue weighted by atomic mass is 9.78. The average molecular weight is 437 g/mol. The molecule has 168 valence electrons. The van der Waals surface area contributed by atoms with E-state index in [0.717, 1.165) is 37.2 Å². The minimum Gasteiger partial charge on any atom is -0.486 e. The molecule has 1 N–H and O–H groups in total. The van der Waals surface area contributed by atoms with Gasteiger partial charge in [0.2, 0.25) is 5.91 Å². The molecule has 0 spiro atoms. The maximum Gasteiger partial charge on any atom is 0.268 e. The highest BCUT2D eigenvalue weighted by atomic mass is 16.6. The SMILES string of the molecule is CC1Oc2ccccc2N(CC(=O)NCC2(c3ccc4c(c3)OCCO4)CCCC2)C1=O. The summed E-state index contributed by atoms with van der Waals surface area (Å²) < 4.78 is 17.1. The number of amides is 2. The highest BCUT2D eigenvalue weighted by Gasteiger charge is 2.38. The van der Waals surface area contributed by atoms with Gasteiger partial charge in [0.1, 0.15) is 25.5 Å². The van der Waals surface area contributed by atoms with Crippen LogP contribution in [0.1, 0.15) is 38.2 Å². The molecule has 0 bridgehead atoms. The number of benzene rings is 2. The molecule has 1 atom stereocenters. The van der Waals surface area contributed by atoms with Gasteiger partial charge in [-0.1, -0.05) is 31.0 Å². The first-order valence-corrected chi connectivity index (χ1v) is 11.3. The third-order valence-electron chi connectivity index (χ3n) is 6.71. The van der Waals surface area contributed by atoms with Crippen molar-refractivity contribution < 1.29 is 23.8 Å². The summed E-state index contributed by atoms with van der Waals surface area (Å²) in [5, 5.41) is 3.11. The van der Waals surface area contributed by atoms with E-state index in [-0.39, 0.29) is 23.8 Å². The molecule has 0 radical (unpaired) electrons. The molecule has 1 aliphatic carbocycles. The summed E-state index contributed by atoms with van der Waals surface area (Å²) in [5.41, 5.74) is 1.67. The summed E-state index contributed by atoms with van der Waals surface area (Å²) in [7, 11) is 0. The monoisotopic (exact) mass is 436 g/mol. The van der Waals surface area contributed by atoms with E-state index in [1.807, 2.05) is 24.3 Å². The molecule has 2 aliphatic heterocycles. The van der Waals surface area contributed by atoms with Crippen LogP contribution in [0.3, 0.4) is 0 Å². The van der Waals surface area contributed by atoms with Gasteiger partial charge in [0, 0.05) is 12.0 Å². The van der Waals surface area contributed by atoms with Crippen molar-refractivity contribution in [2.24, 2.45) is 0 Å². The van der Waals surface area contributed by atoms with Gasteiger partial charge in [-0.15, -0.1) is 0 Å². The molecule has 7 nitrogen and oxygen atoms in total. The Morgan fingerprint density at radius 3 is 2.62 bits per heavy atom. The lowest BCUT2D eigenvalue weighted by Gasteiger charge is -2.34. The number of hydrogen-bond acceptors (Lipinski definition) is 5. The molecular formula is C25H28N2O5. The maximum atomic E-state index is 12.9. The van der Waals surface area contributed by atoms with Crippen LogP contribution in [0.5, 0.6) is 17.2 Å². The molecule has 1 unspecified atom stereocenters. The van der Waals surface area contributed by atoms with Gasteiger partial charge in [0.15, 0.2) is 17.6 Å². The van der Waals surface area contributed by atoms with E-state index in [1.54, 1.807) is 13.0 Å². The number of hydrogen-bond donors (Lipinski definition) is 1. The van der Waals surface area contributed by atoms with Crippen LogP contribution in [0.2, 0.25) is 0 Å². The number of fused-ring (bicyclic) bond motifs is 2. The summed E-state index contributed by atoms with van der Waals surface area (Å²) in [6.45, 7) is 3.32. The average Bonchev–Trinajstić information content (AvgIpc) is 3.30. The molecule has 1 saturated carbocycles. The third-order valence-corrected chi connectivity index (χ3v) is 6.71. The predicted molar refractivity (Wildman–Crippen MR) is 119 cm³/mol. The number of carbonyl (C=O) groups excluding carboxylic acids is 2. The smallest absolute Gasteiger partial charge is 0.268 e. The lowest BCUT2D eigenvalue weighted by molar-refractivity contribution is -0.128. The number of para-hydroxylation sites is 2. The molecule has 7 heteroatoms. The largest absolute Gasteiger partial charge is 0.486 e. The van der Waals surface area contributed by atoms with Crippen molar-refractivity contribution in [1.29, 1.82) is 0 Å². The first-order chi connectivity index (χ1) is 15.6. The van der Waals surface area contributed by atoms with E-state index in [2.05, 4.69) is 17.4 Å². The summed E-state index contributed by atoms with van der Waals surface area (Å²) in [6.07, 6.45) is 3.64. The van der Waals surface area contributed by atoms with Gasteiger partial charge in [0.05, 0.1) is 5.69 Å². The first kappa shape index (κ1) is 20.7. The van der Waals surface area contributed by atoms with Crippen molar-refractivity contribution in [1.82, 2.24) is 5.32 Å². The number of nitrogens with one attached hydrogen (secondary N) is 1. The molecule has 32 heavy (non-hydrogen) atoms. The van der Waals surface area contributed by atoms with E-state index < -0.39 is 6.10 Å². The van der Waals surface area contributed by atoms with Crippen molar-refractivity contribution in [3.63, 3.8) is 0 Å². The molecular weight excluding hydrogens is 408 g/mol. The molecule has 2 heterocycles. The number of anilines is 1. The second-order valence-electron chi connectivity index (χ2n) is 8.77. The normalized spacial score (nSPS) is 21.0. The van der Waals surface area contributed by atoms with Crippen molar-refractivity contribution in [2.75, 3.05) is 31.2 Å². The van der Waals surface area contributed by atoms with E-state index in [4.69, 9.17) is 14.2 Å². The van der Waals surface area contributed by atoms with E-state index in [1.165, 1.54) is 10.5 Å². The van der Waals surface area contributed by atoms with Gasteiger partial charge in [-0.3, -0.25) is 14.5 Å². The topological polar surface area (TPSA) is 77.1 Å². The van der Waals surface area contributed by atoms with Crippen LogP contribution in [-0.2, 0) is 15.0 Å². The standard InChI is InChI=1S/C25H28N2O5/c1-17-24(29)27(19-6-2-3-7-20(19)32-17)15-23(28)26-16-25(10-4-5-11-25)18-8-9-21-22(14-18)31-13-12-30-21/h2-3,6-9,14,17H,4-5,10-13,15-16H2,1H3,(H,26,28). The molecule has 5 rings (SSSR count). The molecule has 2 aromatic rings. The van der Waals surface area contributed by atoms with Crippen molar-refractivity contribution in [3.05, 3.63) is 48.0 Å². The van der Waals surface area contributed by atoms with Crippen LogP contribution >= 0.6 is 0 Å². The summed E-state index contributed by atoms with van der Waals surface area (Å²) in [6, 6.07) is 13.4. The Hall–Kier alpha value is -3.22. The first-order valence-electron chi connectivity index (χ1n) is 11.3. The van der Waals surface area contributed by atoms with Crippen molar-refractivity contribution in [2.45, 2.75) is 44.1 Å². The van der Waals surface area contributed by atoms with Crippen LogP contribution in [0.25, 0.3) is 0 Å². The second-order valence-corrected chi connectivity index (χ2v) is 8.77. The Morgan fingerprint density at radius 2 is 1.81 bits per heavy atom. The van der Waals surface area contributed by atoms with Gasteiger partial charge in [0.25, 0.3) is 5.91 Å². The fraction of sp³-hybridized carbons (Fsp3) is 0.440. The molecule has 0 saturated heterocycles. The van der Waals surface area contributed by atoms with Gasteiger partial charge in [-0.25, -0.2) is 0 Å². The summed E-state index contributed by atoms with van der Waals surface area (Å²) >= 11 is 0. The Morgan fingerprint density at radius 1 is 1.06 bits per heavy atom. The minimum atomic E-state index is -0.614. The number of nitrogens with zero attached hydrogens (tertiary/aromatic N) is 1. The minimum absolute atomic E-state index is 0.0270. The highest BCUT2D eigenvalue weighted by molar-refractivity contribution is 6.03. The number of carbonyl (C=O) groups is 2. The van der Waals surface area contributed by atoms with Crippen LogP contribution < -0.4 is 24.4 Å². The molecule has 3 aliphatic rings. The van der Waals surface area contributed by atoms with Crippen LogP contribution in [-0.4, -0.2) is 44.2 Å². The van der Waals surface area contributed by atoms with Crippen LogP contribution in [0.15, 0.2) is 42.5 Å². The molecule has 2 amide bonds. The van der Waals surface area contributed by atoms with Crippen LogP contribution in [0.4, 0.5) is 5.69 Å². The van der Waals surface area contributed by atoms with Crippen molar-refractivity contribution in [3.8, 4) is 17.2 Å². The molecule has 0 aromatic heterocycles. The fourth-order valence-corrected chi connectivity index (χ4v) is 4.98. The molecule has 1 fully saturated rings. The van der Waals surface area contributed by atoms with Crippen molar-refractivity contribution >= 4 is 17.5 Å². The lowest BCUT2D eigenvalue weighted by Crippen LogP contribution is -2.50. The van der Waals surface area contributed by atoms with Crippen LogP contribution in [0, 0.1) is 0 Å². The number of ether oxygens (including phenoxy) is 3. The second kappa shape index (κ2) is 8.37. The van der Waals surface area contributed by atoms with E-state index in [0.29, 0.717) is 31.2 Å². The Kier molecular flexibility index (Phi) is 5.41. The fourth-order valence-electron chi connectivity index (χ4n) is 4.98. The van der Waals surface area contributed by atoms with Gasteiger partial charge < -0.3 is 19.5 Å². The zero-order valence-corrected chi connectivity index (χ0v) is 18.3. The molecule has 2 aromatic carbocycles. The number of rotatable bonds is 5.